The van der Waals surface area contributed by atoms with Gasteiger partial charge >= 0.3 is 0 Å². The van der Waals surface area contributed by atoms with Gasteiger partial charge in [0.1, 0.15) is 5.54 Å². The monoisotopic (exact) mass is 268 g/mol. The molecule has 0 aliphatic carbocycles. The van der Waals surface area contributed by atoms with Crippen LogP contribution in [0.3, 0.4) is 0 Å². The molecule has 0 unspecified atom stereocenters. The lowest BCUT2D eigenvalue weighted by atomic mass is 9.86. The number of carbonyl (C=O) groups excluding carboxylic acids is 2. The van der Waals surface area contributed by atoms with E-state index in [1.807, 2.05) is 18.7 Å². The molecule has 0 aromatic rings. The van der Waals surface area contributed by atoms with E-state index in [0.717, 1.165) is 12.8 Å². The first-order valence-corrected chi connectivity index (χ1v) is 7.52. The number of nitrogens with one attached hydrogen (secondary N) is 1. The van der Waals surface area contributed by atoms with Gasteiger partial charge in [-0.2, -0.15) is 0 Å². The van der Waals surface area contributed by atoms with Crippen LogP contribution in [0.1, 0.15) is 66.7 Å². The van der Waals surface area contributed by atoms with Gasteiger partial charge in [0.2, 0.25) is 11.8 Å². The predicted octanol–water partition coefficient (Wildman–Crippen LogP) is 2.47. The maximum absolute atomic E-state index is 13.0. The molecule has 4 heteroatoms. The van der Waals surface area contributed by atoms with Crippen molar-refractivity contribution in [3.05, 3.63) is 0 Å². The summed E-state index contributed by atoms with van der Waals surface area (Å²) < 4.78 is 0. The van der Waals surface area contributed by atoms with Crippen molar-refractivity contribution < 1.29 is 9.59 Å². The Morgan fingerprint density at radius 3 is 2.11 bits per heavy atom. The van der Waals surface area contributed by atoms with Gasteiger partial charge in [-0.1, -0.05) is 27.7 Å². The highest BCUT2D eigenvalue weighted by atomic mass is 16.2. The first-order chi connectivity index (χ1) is 8.89. The van der Waals surface area contributed by atoms with E-state index in [1.54, 1.807) is 0 Å². The minimum Gasteiger partial charge on any atom is -0.342 e. The molecule has 0 atom stereocenters. The average Bonchev–Trinajstić information content (AvgIpc) is 2.56. The highest BCUT2D eigenvalue weighted by molar-refractivity contribution is 5.93. The van der Waals surface area contributed by atoms with Crippen LogP contribution in [-0.4, -0.2) is 34.3 Å². The molecule has 4 nitrogen and oxygen atoms in total. The van der Waals surface area contributed by atoms with Crippen molar-refractivity contribution >= 4 is 11.8 Å². The molecular weight excluding hydrogens is 240 g/mol. The summed E-state index contributed by atoms with van der Waals surface area (Å²) in [5, 5.41) is 2.96. The topological polar surface area (TPSA) is 49.4 Å². The Labute approximate surface area is 116 Å². The van der Waals surface area contributed by atoms with E-state index in [9.17, 15) is 9.59 Å². The zero-order valence-corrected chi connectivity index (χ0v) is 13.0. The molecule has 1 fully saturated rings. The predicted molar refractivity (Wildman–Crippen MR) is 76.8 cm³/mol. The van der Waals surface area contributed by atoms with E-state index < -0.39 is 5.54 Å². The fourth-order valence-electron chi connectivity index (χ4n) is 2.83. The first kappa shape index (κ1) is 16.0. The Kier molecular flexibility index (Phi) is 4.99. The maximum atomic E-state index is 13.0. The molecule has 19 heavy (non-hydrogen) atoms. The molecule has 1 saturated heterocycles. The van der Waals surface area contributed by atoms with Crippen LogP contribution < -0.4 is 5.32 Å². The molecule has 0 radical (unpaired) electrons. The summed E-state index contributed by atoms with van der Waals surface area (Å²) >= 11 is 0. The molecule has 2 amide bonds. The molecule has 0 aromatic carbocycles. The van der Waals surface area contributed by atoms with E-state index in [0.29, 0.717) is 25.8 Å². The van der Waals surface area contributed by atoms with E-state index in [4.69, 9.17) is 0 Å². The van der Waals surface area contributed by atoms with Crippen molar-refractivity contribution in [2.45, 2.75) is 77.8 Å². The SMILES string of the molecule is CCC1(CC)NC(=O)CCN(C(C)(CC)CC)C1=O. The van der Waals surface area contributed by atoms with Gasteiger partial charge in [0.05, 0.1) is 0 Å². The second kappa shape index (κ2) is 5.93. The molecule has 1 heterocycles. The van der Waals surface area contributed by atoms with Gasteiger partial charge in [-0.05, 0) is 32.6 Å². The summed E-state index contributed by atoms with van der Waals surface area (Å²) in [6.45, 7) is 10.8. The van der Waals surface area contributed by atoms with Crippen LogP contribution in [0.4, 0.5) is 0 Å². The lowest BCUT2D eigenvalue weighted by Gasteiger charge is -2.44. The Morgan fingerprint density at radius 1 is 1.16 bits per heavy atom. The highest BCUT2D eigenvalue weighted by Gasteiger charge is 2.46. The third kappa shape index (κ3) is 2.77. The largest absolute Gasteiger partial charge is 0.342 e. The van der Waals surface area contributed by atoms with Gasteiger partial charge in [-0.15, -0.1) is 0 Å². The van der Waals surface area contributed by atoms with Crippen molar-refractivity contribution in [3.63, 3.8) is 0 Å². The van der Waals surface area contributed by atoms with Crippen molar-refractivity contribution in [3.8, 4) is 0 Å². The number of nitrogens with zero attached hydrogens (tertiary/aromatic N) is 1. The lowest BCUT2D eigenvalue weighted by Crippen LogP contribution is -2.60. The van der Waals surface area contributed by atoms with Gasteiger partial charge in [-0.3, -0.25) is 9.59 Å². The van der Waals surface area contributed by atoms with Gasteiger partial charge in [0, 0.05) is 18.5 Å². The third-order valence-corrected chi connectivity index (χ3v) is 4.98. The van der Waals surface area contributed by atoms with E-state index in [1.165, 1.54) is 0 Å². The fraction of sp³-hybridized carbons (Fsp3) is 0.867. The van der Waals surface area contributed by atoms with Crippen LogP contribution in [0.2, 0.25) is 0 Å². The Balaban J connectivity index is 3.19. The second-order valence-electron chi connectivity index (χ2n) is 5.75. The summed E-state index contributed by atoms with van der Waals surface area (Å²) in [7, 11) is 0. The number of amides is 2. The maximum Gasteiger partial charge on any atom is 0.248 e. The standard InChI is InChI=1S/C15H28N2O2/c1-6-14(5,7-2)17-11-10-12(18)16-15(8-3,9-4)13(17)19/h6-11H2,1-5H3,(H,16,18). The summed E-state index contributed by atoms with van der Waals surface area (Å²) in [6, 6.07) is 0. The highest BCUT2D eigenvalue weighted by Crippen LogP contribution is 2.30. The number of rotatable bonds is 5. The average molecular weight is 268 g/mol. The number of hydrogen-bond acceptors (Lipinski definition) is 2. The summed E-state index contributed by atoms with van der Waals surface area (Å²) in [5.74, 6) is 0.0867. The second-order valence-corrected chi connectivity index (χ2v) is 5.75. The van der Waals surface area contributed by atoms with Crippen LogP contribution >= 0.6 is 0 Å². The Hall–Kier alpha value is -1.06. The Bertz CT molecular complexity index is 344. The zero-order valence-electron chi connectivity index (χ0n) is 13.0. The first-order valence-electron chi connectivity index (χ1n) is 7.52. The van der Waals surface area contributed by atoms with Crippen molar-refractivity contribution in [1.82, 2.24) is 10.2 Å². The molecule has 0 bridgehead atoms. The van der Waals surface area contributed by atoms with E-state index >= 15 is 0 Å². The van der Waals surface area contributed by atoms with Crippen molar-refractivity contribution in [2.75, 3.05) is 6.54 Å². The summed E-state index contributed by atoms with van der Waals surface area (Å²) in [6.07, 6.45) is 3.52. The van der Waals surface area contributed by atoms with Crippen molar-refractivity contribution in [1.29, 1.82) is 0 Å². The van der Waals surface area contributed by atoms with Crippen LogP contribution in [0.5, 0.6) is 0 Å². The summed E-state index contributed by atoms with van der Waals surface area (Å²) in [4.78, 5) is 26.8. The molecule has 1 N–H and O–H groups in total. The van der Waals surface area contributed by atoms with Gasteiger partial charge in [0.25, 0.3) is 0 Å². The fourth-order valence-corrected chi connectivity index (χ4v) is 2.83. The molecule has 0 spiro atoms. The third-order valence-electron chi connectivity index (χ3n) is 4.98. The smallest absolute Gasteiger partial charge is 0.248 e. The number of hydrogen-bond donors (Lipinski definition) is 1. The van der Waals surface area contributed by atoms with Crippen LogP contribution in [-0.2, 0) is 9.59 Å². The molecule has 0 saturated carbocycles. The van der Waals surface area contributed by atoms with Gasteiger partial charge < -0.3 is 10.2 Å². The van der Waals surface area contributed by atoms with Crippen LogP contribution in [0.25, 0.3) is 0 Å². The van der Waals surface area contributed by atoms with Crippen molar-refractivity contribution in [2.24, 2.45) is 0 Å². The minimum atomic E-state index is -0.709. The summed E-state index contributed by atoms with van der Waals surface area (Å²) in [5.41, 5.74) is -0.863. The minimum absolute atomic E-state index is 0.00546. The molecule has 1 aliphatic rings. The Morgan fingerprint density at radius 2 is 1.68 bits per heavy atom. The van der Waals surface area contributed by atoms with Gasteiger partial charge in [0.15, 0.2) is 0 Å². The molecule has 110 valence electrons. The van der Waals surface area contributed by atoms with E-state index in [-0.39, 0.29) is 17.4 Å². The molecule has 1 rings (SSSR count). The van der Waals surface area contributed by atoms with Gasteiger partial charge in [-0.25, -0.2) is 0 Å². The lowest BCUT2D eigenvalue weighted by molar-refractivity contribution is -0.144. The zero-order chi connectivity index (χ0) is 14.7. The molecule has 1 aliphatic heterocycles. The normalized spacial score (nSPS) is 20.2. The molecule has 0 aromatic heterocycles. The number of carbonyl (C=O) groups is 2. The quantitative estimate of drug-likeness (QED) is 0.832. The van der Waals surface area contributed by atoms with Crippen LogP contribution in [0.15, 0.2) is 0 Å². The van der Waals surface area contributed by atoms with Crippen LogP contribution in [0, 0.1) is 0 Å². The molecular formula is C15H28N2O2. The van der Waals surface area contributed by atoms with E-state index in [2.05, 4.69) is 26.1 Å².